The molecule has 1 aromatic rings. The molecule has 1 heterocycles. The molecule has 1 amide bonds. The lowest BCUT2D eigenvalue weighted by atomic mass is 9.82. The molecule has 292 valence electrons. The summed E-state index contributed by atoms with van der Waals surface area (Å²) >= 11 is 0. The van der Waals surface area contributed by atoms with E-state index in [0.29, 0.717) is 43.6 Å². The van der Waals surface area contributed by atoms with E-state index in [4.69, 9.17) is 4.74 Å². The van der Waals surface area contributed by atoms with Gasteiger partial charge in [-0.25, -0.2) is 9.59 Å². The Morgan fingerprint density at radius 2 is 1.48 bits per heavy atom. The molecule has 1 aliphatic rings. The Labute approximate surface area is 308 Å². The Bertz CT molecular complexity index is 1280. The zero-order valence-corrected chi connectivity index (χ0v) is 31.1. The van der Waals surface area contributed by atoms with Crippen molar-refractivity contribution >= 4 is 29.6 Å². The van der Waals surface area contributed by atoms with Crippen LogP contribution in [0.5, 0.6) is 5.75 Å². The van der Waals surface area contributed by atoms with Crippen LogP contribution in [0.15, 0.2) is 36.4 Å². The van der Waals surface area contributed by atoms with Crippen molar-refractivity contribution in [3.8, 4) is 5.75 Å². The maximum atomic E-state index is 13.4. The molecule has 0 radical (unpaired) electrons. The van der Waals surface area contributed by atoms with E-state index in [1.807, 2.05) is 0 Å². The number of hydrogen-bond donors (Lipinski definition) is 5. The third-order valence-corrected chi connectivity index (χ3v) is 9.51. The zero-order chi connectivity index (χ0) is 38.4. The first-order valence-electron chi connectivity index (χ1n) is 18.9. The van der Waals surface area contributed by atoms with Crippen molar-refractivity contribution in [2.45, 2.75) is 115 Å². The molecule has 13 nitrogen and oxygen atoms in total. The van der Waals surface area contributed by atoms with Crippen molar-refractivity contribution in [3.63, 3.8) is 0 Å². The number of hydrogen-bond acceptors (Lipinski definition) is 9. The van der Waals surface area contributed by atoms with Crippen LogP contribution in [0.4, 0.5) is 0 Å². The highest BCUT2D eigenvalue weighted by molar-refractivity contribution is 5.94. The third kappa shape index (κ3) is 17.1. The van der Waals surface area contributed by atoms with Gasteiger partial charge >= 0.3 is 17.9 Å². The van der Waals surface area contributed by atoms with E-state index >= 15 is 0 Å². The number of amides is 1. The Kier molecular flexibility index (Phi) is 20.8. The molecular formula is C39H61N3O10. The number of carboxylic acids is 3. The molecular weight excluding hydrogens is 670 g/mol. The lowest BCUT2D eigenvalue weighted by Crippen LogP contribution is -2.55. The van der Waals surface area contributed by atoms with Gasteiger partial charge in [-0.3, -0.25) is 14.4 Å². The van der Waals surface area contributed by atoms with Crippen molar-refractivity contribution in [2.75, 3.05) is 46.4 Å². The number of carbonyl (C=O) groups excluding carboxylic acids is 2. The molecule has 13 heteroatoms. The summed E-state index contributed by atoms with van der Waals surface area (Å²) in [6.45, 7) is 7.77. The SMILES string of the molecule is CCCCCCCC(=O)CCCCCC/C=C/[C@H](C(=O)N[C@@H](Cc1ccc(OCCCN2CCN(C)CC2)cc1)C(=O)O)[C@@](O)(CC(=O)O)C(=O)O. The van der Waals surface area contributed by atoms with Gasteiger partial charge in [-0.15, -0.1) is 0 Å². The molecule has 1 aliphatic heterocycles. The number of ether oxygens (including phenoxy) is 1. The van der Waals surface area contributed by atoms with Crippen molar-refractivity contribution in [2.24, 2.45) is 5.92 Å². The number of rotatable bonds is 28. The molecule has 0 aromatic heterocycles. The molecule has 0 bridgehead atoms. The first-order chi connectivity index (χ1) is 24.8. The number of carboxylic acid groups (broad SMARTS) is 3. The second-order valence-corrected chi connectivity index (χ2v) is 14.0. The molecule has 0 unspecified atom stereocenters. The molecule has 1 fully saturated rings. The van der Waals surface area contributed by atoms with Crippen LogP contribution in [0.1, 0.15) is 102 Å². The van der Waals surface area contributed by atoms with Crippen molar-refractivity contribution < 1.29 is 49.1 Å². The first kappa shape index (κ1) is 44.4. The number of piperazine rings is 1. The summed E-state index contributed by atoms with van der Waals surface area (Å²) in [5.74, 6) is -7.05. The molecule has 0 aliphatic carbocycles. The fourth-order valence-corrected chi connectivity index (χ4v) is 6.20. The van der Waals surface area contributed by atoms with Gasteiger partial charge in [-0.2, -0.15) is 0 Å². The van der Waals surface area contributed by atoms with Crippen LogP contribution in [0.2, 0.25) is 0 Å². The highest BCUT2D eigenvalue weighted by Crippen LogP contribution is 2.26. The molecule has 1 aromatic carbocycles. The fourth-order valence-electron chi connectivity index (χ4n) is 6.20. The molecule has 3 atom stereocenters. The van der Waals surface area contributed by atoms with Crippen molar-refractivity contribution in [1.29, 1.82) is 0 Å². The lowest BCUT2D eigenvalue weighted by molar-refractivity contribution is -0.172. The number of aliphatic hydroxyl groups is 1. The van der Waals surface area contributed by atoms with Crippen molar-refractivity contribution in [1.82, 2.24) is 15.1 Å². The Balaban J connectivity index is 1.92. The van der Waals surface area contributed by atoms with Gasteiger partial charge in [0.1, 0.15) is 17.6 Å². The summed E-state index contributed by atoms with van der Waals surface area (Å²) in [5, 5.41) is 42.4. The Morgan fingerprint density at radius 1 is 0.865 bits per heavy atom. The van der Waals surface area contributed by atoms with Gasteiger partial charge < -0.3 is 40.3 Å². The van der Waals surface area contributed by atoms with E-state index in [-0.39, 0.29) is 12.2 Å². The van der Waals surface area contributed by atoms with Crippen LogP contribution in [0, 0.1) is 5.92 Å². The molecule has 0 saturated carbocycles. The average molecular weight is 732 g/mol. The molecule has 5 N–H and O–H groups in total. The number of nitrogens with zero attached hydrogens (tertiary/aromatic N) is 2. The van der Waals surface area contributed by atoms with Crippen LogP contribution in [0.3, 0.4) is 0 Å². The van der Waals surface area contributed by atoms with Gasteiger partial charge in [0.15, 0.2) is 5.60 Å². The van der Waals surface area contributed by atoms with E-state index < -0.39 is 47.8 Å². The minimum absolute atomic E-state index is 0.146. The number of Topliss-reactive ketones (excluding diaryl/α,β-unsaturated/α-hetero) is 1. The maximum absolute atomic E-state index is 13.4. The number of benzene rings is 1. The normalized spacial score (nSPS) is 16.2. The number of aliphatic carboxylic acids is 3. The summed E-state index contributed by atoms with van der Waals surface area (Å²) in [6, 6.07) is 5.29. The van der Waals surface area contributed by atoms with E-state index in [0.717, 1.165) is 90.2 Å². The molecule has 1 saturated heterocycles. The zero-order valence-electron chi connectivity index (χ0n) is 31.1. The highest BCUT2D eigenvalue weighted by Gasteiger charge is 2.49. The van der Waals surface area contributed by atoms with Gasteiger partial charge in [0, 0.05) is 52.0 Å². The summed E-state index contributed by atoms with van der Waals surface area (Å²) in [6.07, 6.45) is 12.2. The smallest absolute Gasteiger partial charge is 0.337 e. The predicted molar refractivity (Wildman–Crippen MR) is 197 cm³/mol. The molecule has 52 heavy (non-hydrogen) atoms. The van der Waals surface area contributed by atoms with Crippen molar-refractivity contribution in [3.05, 3.63) is 42.0 Å². The van der Waals surface area contributed by atoms with Gasteiger partial charge in [0.25, 0.3) is 0 Å². The first-order valence-corrected chi connectivity index (χ1v) is 18.9. The van der Waals surface area contributed by atoms with Crippen LogP contribution >= 0.6 is 0 Å². The van der Waals surface area contributed by atoms with E-state index in [1.165, 1.54) is 12.5 Å². The summed E-state index contributed by atoms with van der Waals surface area (Å²) in [7, 11) is 2.11. The minimum Gasteiger partial charge on any atom is -0.494 e. The summed E-state index contributed by atoms with van der Waals surface area (Å²) < 4.78 is 5.84. The third-order valence-electron chi connectivity index (χ3n) is 9.51. The van der Waals surface area contributed by atoms with Gasteiger partial charge in [0.05, 0.1) is 18.9 Å². The lowest BCUT2D eigenvalue weighted by Gasteiger charge is -2.32. The van der Waals surface area contributed by atoms with Crippen LogP contribution in [-0.2, 0) is 30.4 Å². The van der Waals surface area contributed by atoms with Gasteiger partial charge in [0.2, 0.25) is 5.91 Å². The highest BCUT2D eigenvalue weighted by atomic mass is 16.5. The second kappa shape index (κ2) is 24.4. The summed E-state index contributed by atoms with van der Waals surface area (Å²) in [4.78, 5) is 66.0. The second-order valence-electron chi connectivity index (χ2n) is 14.0. The quantitative estimate of drug-likeness (QED) is 0.0598. The van der Waals surface area contributed by atoms with Crippen LogP contribution < -0.4 is 10.1 Å². The predicted octanol–water partition coefficient (Wildman–Crippen LogP) is 4.55. The number of unbranched alkanes of at least 4 members (excludes halogenated alkanes) is 8. The number of likely N-dealkylation sites (N-methyl/N-ethyl adjacent to an activating group) is 1. The van der Waals surface area contributed by atoms with Crippen LogP contribution in [-0.4, -0.2) is 118 Å². The average Bonchev–Trinajstić information content (AvgIpc) is 3.10. The standard InChI is InChI=1S/C39H61N3O10/c1-3-4-5-8-11-15-31(43)16-12-9-6-7-10-13-17-33(39(51,38(49)50)29-35(44)45)36(46)40-34(37(47)48)28-30-18-20-32(21-19-30)52-27-14-22-42-25-23-41(2)24-26-42/h13,17-21,33-34,51H,3-12,14-16,22-29H2,1-2H3,(H,40,46)(H,44,45)(H,47,48)(H,49,50)/b17-13+/t33-,34+,39+/m1/s1. The summed E-state index contributed by atoms with van der Waals surface area (Å²) in [5.41, 5.74) is -2.45. The number of carbonyl (C=O) groups is 5. The van der Waals surface area contributed by atoms with Gasteiger partial charge in [-0.1, -0.05) is 69.7 Å². The largest absolute Gasteiger partial charge is 0.494 e. The minimum atomic E-state index is -3.02. The Hall–Kier alpha value is -3.81. The fraction of sp³-hybridized carbons (Fsp3) is 0.667. The van der Waals surface area contributed by atoms with E-state index in [2.05, 4.69) is 29.1 Å². The number of allylic oxidation sites excluding steroid dienone is 1. The van der Waals surface area contributed by atoms with E-state index in [1.54, 1.807) is 24.3 Å². The molecule has 2 rings (SSSR count). The monoisotopic (exact) mass is 731 g/mol. The van der Waals surface area contributed by atoms with Crippen LogP contribution in [0.25, 0.3) is 0 Å². The maximum Gasteiger partial charge on any atom is 0.337 e. The Morgan fingerprint density at radius 3 is 2.06 bits per heavy atom. The van der Waals surface area contributed by atoms with Gasteiger partial charge in [-0.05, 0) is 56.8 Å². The topological polar surface area (TPSA) is 194 Å². The number of nitrogens with one attached hydrogen (secondary N) is 1. The molecule has 0 spiro atoms. The van der Waals surface area contributed by atoms with E-state index in [9.17, 15) is 44.4 Å². The number of ketones is 1.